The minimum absolute atomic E-state index is 0.0522. The van der Waals surface area contributed by atoms with E-state index in [2.05, 4.69) is 26.8 Å². The Hall–Kier alpha value is -2.54. The number of hydrogen-bond acceptors (Lipinski definition) is 4. The normalized spacial score (nSPS) is 16.2. The summed E-state index contributed by atoms with van der Waals surface area (Å²) in [7, 11) is 1.30. The Labute approximate surface area is 144 Å². The number of fused-ring (bicyclic) bond motifs is 1. The molecule has 0 saturated heterocycles. The third-order valence-electron chi connectivity index (χ3n) is 4.08. The lowest BCUT2D eigenvalue weighted by Gasteiger charge is -2.33. The van der Waals surface area contributed by atoms with E-state index < -0.39 is 6.09 Å². The molecule has 2 heterocycles. The molecule has 1 aliphatic rings. The summed E-state index contributed by atoms with van der Waals surface area (Å²) >= 11 is 1.75. The van der Waals surface area contributed by atoms with Crippen LogP contribution in [0.4, 0.5) is 21.0 Å². The number of hydrogen-bond donors (Lipinski definition) is 2. The quantitative estimate of drug-likeness (QED) is 0.861. The number of nitrogens with zero attached hydrogens (tertiary/aromatic N) is 1. The van der Waals surface area contributed by atoms with Gasteiger partial charge in [0.25, 0.3) is 0 Å². The molecular formula is C17H19N3O3S. The van der Waals surface area contributed by atoms with Crippen LogP contribution in [0.2, 0.25) is 0 Å². The third kappa shape index (κ3) is 3.35. The first kappa shape index (κ1) is 16.3. The van der Waals surface area contributed by atoms with Crippen LogP contribution in [-0.4, -0.2) is 30.7 Å². The molecule has 1 atom stereocenters. The van der Waals surface area contributed by atoms with Crippen molar-refractivity contribution in [3.8, 4) is 0 Å². The molecule has 1 aromatic heterocycles. The average molecular weight is 345 g/mol. The second-order valence-electron chi connectivity index (χ2n) is 5.55. The van der Waals surface area contributed by atoms with Crippen LogP contribution in [0.1, 0.15) is 23.4 Å². The molecule has 1 aliphatic heterocycles. The molecule has 24 heavy (non-hydrogen) atoms. The fraction of sp³-hybridized carbons (Fsp3) is 0.294. The number of benzene rings is 1. The summed E-state index contributed by atoms with van der Waals surface area (Å²) in [5.41, 5.74) is 2.41. The minimum atomic E-state index is -0.548. The van der Waals surface area contributed by atoms with E-state index in [0.29, 0.717) is 17.9 Å². The van der Waals surface area contributed by atoms with E-state index in [-0.39, 0.29) is 12.1 Å². The van der Waals surface area contributed by atoms with Crippen LogP contribution in [-0.2, 0) is 11.2 Å². The molecule has 1 aromatic carbocycles. The van der Waals surface area contributed by atoms with Crippen LogP contribution in [0.5, 0.6) is 0 Å². The Morgan fingerprint density at radius 3 is 2.75 bits per heavy atom. The van der Waals surface area contributed by atoms with Crippen LogP contribution in [0.3, 0.4) is 0 Å². The molecule has 0 aliphatic carbocycles. The van der Waals surface area contributed by atoms with Gasteiger partial charge in [-0.2, -0.15) is 0 Å². The van der Waals surface area contributed by atoms with Crippen molar-refractivity contribution in [3.05, 3.63) is 46.2 Å². The Kier molecular flexibility index (Phi) is 4.71. The maximum atomic E-state index is 12.6. The molecule has 7 heteroatoms. The summed E-state index contributed by atoms with van der Waals surface area (Å²) in [5, 5.41) is 7.55. The van der Waals surface area contributed by atoms with Gasteiger partial charge in [-0.1, -0.05) is 6.07 Å². The maximum absolute atomic E-state index is 12.6. The van der Waals surface area contributed by atoms with Gasteiger partial charge >= 0.3 is 12.1 Å². The Bertz CT molecular complexity index is 759. The smallest absolute Gasteiger partial charge is 0.411 e. The predicted octanol–water partition coefficient (Wildman–Crippen LogP) is 4.08. The molecule has 0 bridgehead atoms. The van der Waals surface area contributed by atoms with Gasteiger partial charge in [-0.15, -0.1) is 11.3 Å². The first-order valence-corrected chi connectivity index (χ1v) is 8.55. The van der Waals surface area contributed by atoms with E-state index in [4.69, 9.17) is 0 Å². The standard InChI is InChI=1S/C17H19N3O3S/c1-11-14-7-9-24-15(14)6-8-20(11)16(21)18-12-4-3-5-13(10-12)19-17(22)23-2/h3-5,7,9-11H,6,8H2,1-2H3,(H,18,21)(H,19,22)/t11-/m1/s1. The number of rotatable bonds is 2. The minimum Gasteiger partial charge on any atom is -0.453 e. The highest BCUT2D eigenvalue weighted by Gasteiger charge is 2.28. The van der Waals surface area contributed by atoms with E-state index in [1.54, 1.807) is 35.6 Å². The molecule has 0 radical (unpaired) electrons. The van der Waals surface area contributed by atoms with Crippen molar-refractivity contribution >= 4 is 34.8 Å². The van der Waals surface area contributed by atoms with E-state index in [1.807, 2.05) is 11.8 Å². The van der Waals surface area contributed by atoms with Crippen LogP contribution in [0.15, 0.2) is 35.7 Å². The largest absolute Gasteiger partial charge is 0.453 e. The van der Waals surface area contributed by atoms with Gasteiger partial charge in [0.15, 0.2) is 0 Å². The lowest BCUT2D eigenvalue weighted by Crippen LogP contribution is -2.40. The number of carbonyl (C=O) groups is 2. The van der Waals surface area contributed by atoms with Gasteiger partial charge in [-0.25, -0.2) is 9.59 Å². The zero-order chi connectivity index (χ0) is 17.1. The van der Waals surface area contributed by atoms with Crippen molar-refractivity contribution in [3.63, 3.8) is 0 Å². The summed E-state index contributed by atoms with van der Waals surface area (Å²) in [4.78, 5) is 27.1. The van der Waals surface area contributed by atoms with E-state index in [1.165, 1.54) is 17.6 Å². The maximum Gasteiger partial charge on any atom is 0.411 e. The molecule has 2 N–H and O–H groups in total. The second-order valence-corrected chi connectivity index (χ2v) is 6.55. The molecule has 2 aromatic rings. The van der Waals surface area contributed by atoms with Crippen molar-refractivity contribution in [2.45, 2.75) is 19.4 Å². The second kappa shape index (κ2) is 6.92. The first-order valence-electron chi connectivity index (χ1n) is 7.67. The number of carbonyl (C=O) groups excluding carboxylic acids is 2. The molecular weight excluding hydrogens is 326 g/mol. The Morgan fingerprint density at radius 2 is 2.00 bits per heavy atom. The van der Waals surface area contributed by atoms with E-state index in [0.717, 1.165) is 6.42 Å². The lowest BCUT2D eigenvalue weighted by molar-refractivity contribution is 0.186. The third-order valence-corrected chi connectivity index (χ3v) is 5.08. The molecule has 3 rings (SSSR count). The summed E-state index contributed by atoms with van der Waals surface area (Å²) in [6, 6.07) is 8.96. The van der Waals surface area contributed by atoms with E-state index >= 15 is 0 Å². The summed E-state index contributed by atoms with van der Waals surface area (Å²) in [6.07, 6.45) is 0.336. The highest BCUT2D eigenvalue weighted by Crippen LogP contribution is 2.33. The number of urea groups is 1. The molecule has 3 amide bonds. The SMILES string of the molecule is COC(=O)Nc1cccc(NC(=O)N2CCc3sccc3[C@H]2C)c1. The number of nitrogens with one attached hydrogen (secondary N) is 2. The van der Waals surface area contributed by atoms with E-state index in [9.17, 15) is 9.59 Å². The van der Waals surface area contributed by atoms with Crippen molar-refractivity contribution in [1.29, 1.82) is 0 Å². The van der Waals surface area contributed by atoms with Gasteiger partial charge in [-0.3, -0.25) is 5.32 Å². The van der Waals surface area contributed by atoms with Crippen molar-refractivity contribution in [1.82, 2.24) is 4.90 Å². The van der Waals surface area contributed by atoms with Gasteiger partial charge in [0, 0.05) is 22.8 Å². The molecule has 0 spiro atoms. The zero-order valence-electron chi connectivity index (χ0n) is 13.5. The topological polar surface area (TPSA) is 70.7 Å². The van der Waals surface area contributed by atoms with Gasteiger partial charge in [0.2, 0.25) is 0 Å². The van der Waals surface area contributed by atoms with Crippen molar-refractivity contribution in [2.75, 3.05) is 24.3 Å². The highest BCUT2D eigenvalue weighted by molar-refractivity contribution is 7.10. The van der Waals surface area contributed by atoms with Crippen LogP contribution < -0.4 is 10.6 Å². The summed E-state index contributed by atoms with van der Waals surface area (Å²) in [6.45, 7) is 2.74. The Morgan fingerprint density at radius 1 is 1.25 bits per heavy atom. The van der Waals surface area contributed by atoms with Gasteiger partial charge in [0.1, 0.15) is 0 Å². The fourth-order valence-corrected chi connectivity index (χ4v) is 3.79. The van der Waals surface area contributed by atoms with Gasteiger partial charge in [0.05, 0.1) is 13.2 Å². The molecule has 0 unspecified atom stereocenters. The number of anilines is 2. The highest BCUT2D eigenvalue weighted by atomic mass is 32.1. The number of thiophene rings is 1. The molecule has 0 saturated carbocycles. The zero-order valence-corrected chi connectivity index (χ0v) is 14.4. The van der Waals surface area contributed by atoms with Crippen LogP contribution >= 0.6 is 11.3 Å². The predicted molar refractivity (Wildman–Crippen MR) is 94.6 cm³/mol. The molecule has 6 nitrogen and oxygen atoms in total. The monoisotopic (exact) mass is 345 g/mol. The number of ether oxygens (including phenoxy) is 1. The fourth-order valence-electron chi connectivity index (χ4n) is 2.83. The molecule has 0 fully saturated rings. The number of methoxy groups -OCH3 is 1. The molecule has 126 valence electrons. The van der Waals surface area contributed by atoms with Gasteiger partial charge in [-0.05, 0) is 48.6 Å². The lowest BCUT2D eigenvalue weighted by atomic mass is 10.0. The van der Waals surface area contributed by atoms with Crippen molar-refractivity contribution < 1.29 is 14.3 Å². The average Bonchev–Trinajstić information content (AvgIpc) is 3.05. The van der Waals surface area contributed by atoms with Crippen molar-refractivity contribution in [2.24, 2.45) is 0 Å². The van der Waals surface area contributed by atoms with Crippen LogP contribution in [0, 0.1) is 0 Å². The number of amides is 3. The summed E-state index contributed by atoms with van der Waals surface area (Å²) < 4.78 is 4.57. The Balaban J connectivity index is 1.69. The summed E-state index contributed by atoms with van der Waals surface area (Å²) in [5.74, 6) is 0. The first-order chi connectivity index (χ1) is 11.6. The van der Waals surface area contributed by atoms with Gasteiger partial charge < -0.3 is 15.0 Å². The van der Waals surface area contributed by atoms with Crippen LogP contribution in [0.25, 0.3) is 0 Å².